The van der Waals surface area contributed by atoms with Crippen LogP contribution in [0.3, 0.4) is 0 Å². The van der Waals surface area contributed by atoms with Gasteiger partial charge in [0.25, 0.3) is 5.91 Å². The average molecular weight is 338 g/mol. The number of aryl methyl sites for hydroxylation is 2. The third-order valence-corrected chi connectivity index (χ3v) is 3.36. The minimum atomic E-state index is -0.312. The van der Waals surface area contributed by atoms with Crippen LogP contribution in [0.2, 0.25) is 0 Å². The second kappa shape index (κ2) is 7.47. The van der Waals surface area contributed by atoms with E-state index in [1.54, 1.807) is 10.7 Å². The van der Waals surface area contributed by atoms with Gasteiger partial charge in [-0.2, -0.15) is 5.10 Å². The molecule has 0 saturated carbocycles. The Morgan fingerprint density at radius 1 is 1.12 bits per heavy atom. The predicted octanol–water partition coefficient (Wildman–Crippen LogP) is 0.911. The summed E-state index contributed by atoms with van der Waals surface area (Å²) in [6.45, 7) is 4.82. The van der Waals surface area contributed by atoms with E-state index in [4.69, 9.17) is 0 Å². The standard InChI is InChI=1S/C16H18N8O/c1-11-10-12(2)24(23-11)14-5-4-13(21-22-14)17-8-9-20-16(25)15-18-6-3-7-19-15/h3-7,10H,8-9H2,1-2H3,(H,17,21)(H,20,25). The summed E-state index contributed by atoms with van der Waals surface area (Å²) in [6, 6.07) is 7.30. The van der Waals surface area contributed by atoms with Crippen molar-refractivity contribution in [2.45, 2.75) is 13.8 Å². The van der Waals surface area contributed by atoms with Crippen LogP contribution in [0.4, 0.5) is 5.82 Å². The highest BCUT2D eigenvalue weighted by atomic mass is 16.2. The predicted molar refractivity (Wildman–Crippen MR) is 91.5 cm³/mol. The number of nitrogens with one attached hydrogen (secondary N) is 2. The van der Waals surface area contributed by atoms with Crippen LogP contribution in [0.1, 0.15) is 22.0 Å². The Morgan fingerprint density at radius 2 is 1.92 bits per heavy atom. The fourth-order valence-corrected chi connectivity index (χ4v) is 2.26. The molecule has 128 valence electrons. The number of rotatable bonds is 6. The summed E-state index contributed by atoms with van der Waals surface area (Å²) in [7, 11) is 0. The van der Waals surface area contributed by atoms with Gasteiger partial charge in [0.2, 0.25) is 5.82 Å². The maximum atomic E-state index is 11.8. The summed E-state index contributed by atoms with van der Waals surface area (Å²) in [5, 5.41) is 18.5. The first-order valence-corrected chi connectivity index (χ1v) is 7.80. The molecule has 0 atom stereocenters. The van der Waals surface area contributed by atoms with Crippen LogP contribution in [0.15, 0.2) is 36.7 Å². The zero-order chi connectivity index (χ0) is 17.6. The molecule has 3 aromatic rings. The lowest BCUT2D eigenvalue weighted by Gasteiger charge is -2.07. The fourth-order valence-electron chi connectivity index (χ4n) is 2.26. The second-order valence-corrected chi connectivity index (χ2v) is 5.37. The molecule has 0 aromatic carbocycles. The number of anilines is 1. The van der Waals surface area contributed by atoms with Crippen LogP contribution in [-0.4, -0.2) is 48.9 Å². The van der Waals surface area contributed by atoms with E-state index in [9.17, 15) is 4.79 Å². The Hall–Kier alpha value is -3.36. The molecule has 3 heterocycles. The van der Waals surface area contributed by atoms with Gasteiger partial charge in [-0.25, -0.2) is 14.6 Å². The van der Waals surface area contributed by atoms with Crippen molar-refractivity contribution in [3.63, 3.8) is 0 Å². The normalized spacial score (nSPS) is 10.5. The molecule has 0 spiro atoms. The summed E-state index contributed by atoms with van der Waals surface area (Å²) in [5.41, 5.74) is 1.93. The van der Waals surface area contributed by atoms with E-state index in [0.717, 1.165) is 11.4 Å². The molecule has 0 unspecified atom stereocenters. The van der Waals surface area contributed by atoms with E-state index in [2.05, 4.69) is 35.9 Å². The zero-order valence-corrected chi connectivity index (χ0v) is 14.0. The van der Waals surface area contributed by atoms with E-state index in [1.165, 1.54) is 12.4 Å². The number of hydrogen-bond acceptors (Lipinski definition) is 7. The Labute approximate surface area is 144 Å². The van der Waals surface area contributed by atoms with Crippen molar-refractivity contribution < 1.29 is 4.79 Å². The van der Waals surface area contributed by atoms with Crippen LogP contribution < -0.4 is 10.6 Å². The van der Waals surface area contributed by atoms with Gasteiger partial charge in [-0.05, 0) is 38.1 Å². The van der Waals surface area contributed by atoms with Gasteiger partial charge in [0.15, 0.2) is 5.82 Å². The largest absolute Gasteiger partial charge is 0.367 e. The fraction of sp³-hybridized carbons (Fsp3) is 0.250. The summed E-state index contributed by atoms with van der Waals surface area (Å²) < 4.78 is 1.74. The van der Waals surface area contributed by atoms with Crippen molar-refractivity contribution in [1.82, 2.24) is 35.3 Å². The quantitative estimate of drug-likeness (QED) is 0.643. The Kier molecular flexibility index (Phi) is 4.93. The second-order valence-electron chi connectivity index (χ2n) is 5.37. The number of carbonyl (C=O) groups is 1. The smallest absolute Gasteiger partial charge is 0.289 e. The number of hydrogen-bond donors (Lipinski definition) is 2. The molecule has 2 N–H and O–H groups in total. The van der Waals surface area contributed by atoms with Gasteiger partial charge in [0.1, 0.15) is 5.82 Å². The van der Waals surface area contributed by atoms with E-state index < -0.39 is 0 Å². The molecule has 0 radical (unpaired) electrons. The lowest BCUT2D eigenvalue weighted by molar-refractivity contribution is 0.0944. The minimum absolute atomic E-state index is 0.150. The number of amides is 1. The third-order valence-electron chi connectivity index (χ3n) is 3.36. The van der Waals surface area contributed by atoms with Crippen molar-refractivity contribution in [1.29, 1.82) is 0 Å². The van der Waals surface area contributed by atoms with Gasteiger partial charge in [-0.15, -0.1) is 10.2 Å². The van der Waals surface area contributed by atoms with Crippen LogP contribution in [-0.2, 0) is 0 Å². The molecule has 0 aliphatic heterocycles. The molecule has 0 bridgehead atoms. The van der Waals surface area contributed by atoms with Gasteiger partial charge in [0, 0.05) is 31.2 Å². The van der Waals surface area contributed by atoms with Gasteiger partial charge < -0.3 is 10.6 Å². The molecule has 25 heavy (non-hydrogen) atoms. The monoisotopic (exact) mass is 338 g/mol. The van der Waals surface area contributed by atoms with Gasteiger partial charge >= 0.3 is 0 Å². The maximum Gasteiger partial charge on any atom is 0.289 e. The molecule has 0 saturated heterocycles. The SMILES string of the molecule is Cc1cc(C)n(-c2ccc(NCCNC(=O)c3ncccn3)nn2)n1. The van der Waals surface area contributed by atoms with Crippen molar-refractivity contribution in [3.8, 4) is 5.82 Å². The number of carbonyl (C=O) groups excluding carboxylic acids is 1. The molecule has 9 nitrogen and oxygen atoms in total. The van der Waals surface area contributed by atoms with Crippen LogP contribution >= 0.6 is 0 Å². The van der Waals surface area contributed by atoms with E-state index >= 15 is 0 Å². The molecule has 3 rings (SSSR count). The first-order chi connectivity index (χ1) is 12.1. The first-order valence-electron chi connectivity index (χ1n) is 7.80. The lowest BCUT2D eigenvalue weighted by Crippen LogP contribution is -2.30. The minimum Gasteiger partial charge on any atom is -0.367 e. The van der Waals surface area contributed by atoms with Gasteiger partial charge in [-0.1, -0.05) is 0 Å². The Balaban J connectivity index is 1.49. The molecule has 1 amide bonds. The Morgan fingerprint density at radius 3 is 2.56 bits per heavy atom. The molecular weight excluding hydrogens is 320 g/mol. The highest BCUT2D eigenvalue weighted by molar-refractivity contribution is 5.90. The number of nitrogens with zero attached hydrogens (tertiary/aromatic N) is 6. The molecule has 0 aliphatic carbocycles. The first kappa shape index (κ1) is 16.5. The summed E-state index contributed by atoms with van der Waals surface area (Å²) in [4.78, 5) is 19.6. The van der Waals surface area contributed by atoms with Crippen molar-refractivity contribution in [2.75, 3.05) is 18.4 Å². The summed E-state index contributed by atoms with van der Waals surface area (Å²) in [6.07, 6.45) is 3.06. The van der Waals surface area contributed by atoms with E-state index in [0.29, 0.717) is 24.7 Å². The average Bonchev–Trinajstić information content (AvgIpc) is 2.98. The van der Waals surface area contributed by atoms with Gasteiger partial charge in [0.05, 0.1) is 5.69 Å². The third kappa shape index (κ3) is 4.14. The van der Waals surface area contributed by atoms with Crippen LogP contribution in [0.25, 0.3) is 5.82 Å². The van der Waals surface area contributed by atoms with Crippen LogP contribution in [0, 0.1) is 13.8 Å². The van der Waals surface area contributed by atoms with Crippen molar-refractivity contribution >= 4 is 11.7 Å². The lowest BCUT2D eigenvalue weighted by atomic mass is 10.4. The van der Waals surface area contributed by atoms with Crippen molar-refractivity contribution in [3.05, 3.63) is 53.9 Å². The highest BCUT2D eigenvalue weighted by Gasteiger charge is 2.07. The van der Waals surface area contributed by atoms with E-state index in [-0.39, 0.29) is 11.7 Å². The molecule has 9 heteroatoms. The molecular formula is C16H18N8O. The van der Waals surface area contributed by atoms with Gasteiger partial charge in [-0.3, -0.25) is 4.79 Å². The van der Waals surface area contributed by atoms with Crippen LogP contribution in [0.5, 0.6) is 0 Å². The number of aromatic nitrogens is 6. The highest BCUT2D eigenvalue weighted by Crippen LogP contribution is 2.10. The molecule has 0 fully saturated rings. The Bertz CT molecular complexity index is 844. The van der Waals surface area contributed by atoms with Crippen molar-refractivity contribution in [2.24, 2.45) is 0 Å². The van der Waals surface area contributed by atoms with E-state index in [1.807, 2.05) is 32.0 Å². The molecule has 0 aliphatic rings. The summed E-state index contributed by atoms with van der Waals surface area (Å²) in [5.74, 6) is 1.12. The zero-order valence-electron chi connectivity index (χ0n) is 14.0. The molecule has 3 aromatic heterocycles. The summed E-state index contributed by atoms with van der Waals surface area (Å²) >= 11 is 0. The maximum absolute atomic E-state index is 11.8. The topological polar surface area (TPSA) is 111 Å².